The van der Waals surface area contributed by atoms with Crippen molar-refractivity contribution in [3.63, 3.8) is 0 Å². The smallest absolute Gasteiger partial charge is 0.241 e. The van der Waals surface area contributed by atoms with Crippen molar-refractivity contribution in [1.29, 1.82) is 0 Å². The molecular formula is C21H19ClFN5O4S. The highest BCUT2D eigenvalue weighted by molar-refractivity contribution is 7.89. The Morgan fingerprint density at radius 1 is 1.12 bits per heavy atom. The van der Waals surface area contributed by atoms with Gasteiger partial charge < -0.3 is 9.47 Å². The zero-order valence-corrected chi connectivity index (χ0v) is 19.2. The molecule has 4 rings (SSSR count). The molecule has 0 radical (unpaired) electrons. The molecule has 172 valence electrons. The number of methoxy groups -OCH3 is 1. The van der Waals surface area contributed by atoms with E-state index >= 15 is 0 Å². The first-order chi connectivity index (χ1) is 15.8. The van der Waals surface area contributed by atoms with Gasteiger partial charge in [0, 0.05) is 18.2 Å². The van der Waals surface area contributed by atoms with E-state index in [0.29, 0.717) is 28.3 Å². The lowest BCUT2D eigenvalue weighted by molar-refractivity contribution is 0.306. The SMILES string of the molecule is COc1cc(C)c(S(=O)(=O)NCCOc2ccc3nnc(-c4ccc(F)cc4)n3n2)cc1Cl. The normalized spacial score (nSPS) is 11.6. The second kappa shape index (κ2) is 9.30. The Morgan fingerprint density at radius 3 is 2.61 bits per heavy atom. The van der Waals surface area contributed by atoms with Crippen molar-refractivity contribution < 1.29 is 22.3 Å². The van der Waals surface area contributed by atoms with E-state index in [4.69, 9.17) is 21.1 Å². The molecule has 2 aromatic carbocycles. The maximum Gasteiger partial charge on any atom is 0.241 e. The van der Waals surface area contributed by atoms with Gasteiger partial charge in [-0.15, -0.1) is 15.3 Å². The number of fused-ring (bicyclic) bond motifs is 1. The van der Waals surface area contributed by atoms with Gasteiger partial charge in [-0.2, -0.15) is 4.52 Å². The molecule has 2 aromatic heterocycles. The summed E-state index contributed by atoms with van der Waals surface area (Å²) in [6.45, 7) is 1.67. The van der Waals surface area contributed by atoms with E-state index < -0.39 is 10.0 Å². The Kier molecular flexibility index (Phi) is 6.45. The second-order valence-electron chi connectivity index (χ2n) is 6.97. The van der Waals surface area contributed by atoms with Gasteiger partial charge in [0.2, 0.25) is 15.9 Å². The summed E-state index contributed by atoms with van der Waals surface area (Å²) in [5.74, 6) is 0.697. The van der Waals surface area contributed by atoms with Crippen molar-refractivity contribution in [2.75, 3.05) is 20.3 Å². The van der Waals surface area contributed by atoms with E-state index in [0.717, 1.165) is 0 Å². The summed E-state index contributed by atoms with van der Waals surface area (Å²) in [5.41, 5.74) is 1.61. The van der Waals surface area contributed by atoms with Crippen molar-refractivity contribution in [3.8, 4) is 23.0 Å². The molecule has 33 heavy (non-hydrogen) atoms. The fraction of sp³-hybridized carbons (Fsp3) is 0.190. The summed E-state index contributed by atoms with van der Waals surface area (Å²) < 4.78 is 53.2. The minimum Gasteiger partial charge on any atom is -0.495 e. The fourth-order valence-electron chi connectivity index (χ4n) is 3.12. The molecular weight excluding hydrogens is 473 g/mol. The summed E-state index contributed by atoms with van der Waals surface area (Å²) in [4.78, 5) is 0.0567. The second-order valence-corrected chi connectivity index (χ2v) is 9.11. The van der Waals surface area contributed by atoms with E-state index in [2.05, 4.69) is 20.0 Å². The molecule has 0 aliphatic rings. The van der Waals surface area contributed by atoms with Crippen LogP contribution in [0, 0.1) is 12.7 Å². The molecule has 0 aliphatic heterocycles. The lowest BCUT2D eigenvalue weighted by Gasteiger charge is -2.12. The third-order valence-electron chi connectivity index (χ3n) is 4.72. The van der Waals surface area contributed by atoms with Crippen molar-refractivity contribution in [2.45, 2.75) is 11.8 Å². The van der Waals surface area contributed by atoms with E-state index in [1.54, 1.807) is 37.3 Å². The van der Waals surface area contributed by atoms with Crippen LogP contribution in [-0.2, 0) is 10.0 Å². The molecule has 4 aromatic rings. The fourth-order valence-corrected chi connectivity index (χ4v) is 4.69. The van der Waals surface area contributed by atoms with Crippen LogP contribution in [0.15, 0.2) is 53.4 Å². The summed E-state index contributed by atoms with van der Waals surface area (Å²) in [5, 5.41) is 12.7. The maximum absolute atomic E-state index is 13.2. The molecule has 0 saturated heterocycles. The van der Waals surface area contributed by atoms with E-state index in [1.807, 2.05) is 0 Å². The quantitative estimate of drug-likeness (QED) is 0.377. The summed E-state index contributed by atoms with van der Waals surface area (Å²) in [6, 6.07) is 11.9. The van der Waals surface area contributed by atoms with Gasteiger partial charge in [0.25, 0.3) is 0 Å². The third kappa shape index (κ3) is 4.90. The zero-order chi connectivity index (χ0) is 23.6. The van der Waals surface area contributed by atoms with Gasteiger partial charge in [0.15, 0.2) is 11.5 Å². The van der Waals surface area contributed by atoms with Gasteiger partial charge in [-0.25, -0.2) is 17.5 Å². The number of nitrogens with zero attached hydrogens (tertiary/aromatic N) is 4. The minimum absolute atomic E-state index is 0.00185. The van der Waals surface area contributed by atoms with Gasteiger partial charge in [-0.3, -0.25) is 0 Å². The number of sulfonamides is 1. The third-order valence-corrected chi connectivity index (χ3v) is 6.62. The molecule has 0 saturated carbocycles. The van der Waals surface area contributed by atoms with Gasteiger partial charge in [0.05, 0.1) is 17.0 Å². The monoisotopic (exact) mass is 491 g/mol. The highest BCUT2D eigenvalue weighted by atomic mass is 35.5. The zero-order valence-electron chi connectivity index (χ0n) is 17.6. The van der Waals surface area contributed by atoms with Crippen LogP contribution in [0.25, 0.3) is 17.0 Å². The Balaban J connectivity index is 1.43. The van der Waals surface area contributed by atoms with Crippen LogP contribution in [0.4, 0.5) is 4.39 Å². The highest BCUT2D eigenvalue weighted by Gasteiger charge is 2.19. The van der Waals surface area contributed by atoms with Crippen LogP contribution in [-0.4, -0.2) is 48.5 Å². The number of hydrogen-bond acceptors (Lipinski definition) is 7. The summed E-state index contributed by atoms with van der Waals surface area (Å²) >= 11 is 6.07. The van der Waals surface area contributed by atoms with Crippen molar-refractivity contribution in [1.82, 2.24) is 24.5 Å². The molecule has 1 N–H and O–H groups in total. The number of ether oxygens (including phenoxy) is 2. The molecule has 0 fully saturated rings. The minimum atomic E-state index is -3.81. The number of aromatic nitrogens is 4. The average Bonchev–Trinajstić information content (AvgIpc) is 3.21. The first-order valence-electron chi connectivity index (χ1n) is 9.73. The molecule has 0 spiro atoms. The van der Waals surface area contributed by atoms with Crippen LogP contribution in [0.1, 0.15) is 5.56 Å². The van der Waals surface area contributed by atoms with Crippen molar-refractivity contribution in [2.24, 2.45) is 0 Å². The molecule has 9 nitrogen and oxygen atoms in total. The Labute approximate surface area is 194 Å². The summed E-state index contributed by atoms with van der Waals surface area (Å²) in [7, 11) is -2.35. The van der Waals surface area contributed by atoms with E-state index in [1.165, 1.54) is 29.8 Å². The largest absolute Gasteiger partial charge is 0.495 e. The number of hydrogen-bond donors (Lipinski definition) is 1. The lowest BCUT2D eigenvalue weighted by atomic mass is 10.2. The van der Waals surface area contributed by atoms with E-state index in [-0.39, 0.29) is 34.8 Å². The van der Waals surface area contributed by atoms with Crippen LogP contribution >= 0.6 is 11.6 Å². The summed E-state index contributed by atoms with van der Waals surface area (Å²) in [6.07, 6.45) is 0. The van der Waals surface area contributed by atoms with Crippen molar-refractivity contribution >= 4 is 27.3 Å². The molecule has 0 unspecified atom stereocenters. The molecule has 0 bridgehead atoms. The molecule has 0 atom stereocenters. The van der Waals surface area contributed by atoms with Crippen LogP contribution in [0.2, 0.25) is 5.02 Å². The Morgan fingerprint density at radius 2 is 1.88 bits per heavy atom. The number of aryl methyl sites for hydroxylation is 1. The maximum atomic E-state index is 13.2. The van der Waals surface area contributed by atoms with Gasteiger partial charge in [-0.05, 0) is 55.0 Å². The topological polar surface area (TPSA) is 108 Å². The number of rotatable bonds is 8. The lowest BCUT2D eigenvalue weighted by Crippen LogP contribution is -2.29. The first kappa shape index (κ1) is 22.9. The number of halogens is 2. The highest BCUT2D eigenvalue weighted by Crippen LogP contribution is 2.30. The molecule has 0 aliphatic carbocycles. The average molecular weight is 492 g/mol. The van der Waals surface area contributed by atoms with Crippen LogP contribution in [0.5, 0.6) is 11.6 Å². The predicted octanol–water partition coefficient (Wildman–Crippen LogP) is 3.26. The van der Waals surface area contributed by atoms with E-state index in [9.17, 15) is 12.8 Å². The van der Waals surface area contributed by atoms with Crippen molar-refractivity contribution in [3.05, 3.63) is 64.9 Å². The van der Waals surface area contributed by atoms with Crippen LogP contribution < -0.4 is 14.2 Å². The van der Waals surface area contributed by atoms with Gasteiger partial charge in [-0.1, -0.05) is 11.6 Å². The van der Waals surface area contributed by atoms with Gasteiger partial charge >= 0.3 is 0 Å². The number of nitrogens with one attached hydrogen (secondary N) is 1. The number of benzene rings is 2. The van der Waals surface area contributed by atoms with Gasteiger partial charge in [0.1, 0.15) is 18.2 Å². The van der Waals surface area contributed by atoms with Crippen LogP contribution in [0.3, 0.4) is 0 Å². The standard InChI is InChI=1S/C21H19ClFN5O4S/c1-13-11-17(31-2)16(22)12-18(13)33(29,30)24-9-10-32-20-8-7-19-25-26-21(28(19)27-20)14-3-5-15(23)6-4-14/h3-8,11-12,24H,9-10H2,1-2H3. The Hall–Kier alpha value is -3.28. The molecule has 12 heteroatoms. The molecule has 0 amide bonds. The molecule has 2 heterocycles. The Bertz CT molecular complexity index is 1410. The predicted molar refractivity (Wildman–Crippen MR) is 120 cm³/mol. The first-order valence-corrected chi connectivity index (χ1v) is 11.6.